The number of amides is 1. The first kappa shape index (κ1) is 20.3. The summed E-state index contributed by atoms with van der Waals surface area (Å²) in [5.74, 6) is 0.235. The van der Waals surface area contributed by atoms with Crippen LogP contribution in [0, 0.1) is 13.8 Å². The van der Waals surface area contributed by atoms with Crippen molar-refractivity contribution < 1.29 is 17.7 Å². The molecule has 1 amide bonds. The Labute approximate surface area is 174 Å². The molecule has 3 aromatic rings. The lowest BCUT2D eigenvalue weighted by molar-refractivity contribution is -0.131. The molecule has 1 fully saturated rings. The lowest BCUT2D eigenvalue weighted by Crippen LogP contribution is -2.51. The Kier molecular flexibility index (Phi) is 5.44. The Morgan fingerprint density at radius 3 is 2.43 bits per heavy atom. The van der Waals surface area contributed by atoms with Crippen LogP contribution in [0.15, 0.2) is 52.1 Å². The van der Waals surface area contributed by atoms with Gasteiger partial charge in [0.2, 0.25) is 15.9 Å². The Morgan fingerprint density at radius 2 is 1.80 bits per heavy atom. The number of rotatable bonds is 5. The second kappa shape index (κ2) is 8.04. The van der Waals surface area contributed by atoms with Crippen LogP contribution in [0.25, 0.3) is 5.69 Å². The maximum Gasteiger partial charge on any atom is 0.248 e. The fourth-order valence-electron chi connectivity index (χ4n) is 3.61. The maximum absolute atomic E-state index is 12.9. The zero-order valence-corrected chi connectivity index (χ0v) is 17.7. The van der Waals surface area contributed by atoms with Crippen LogP contribution in [0.3, 0.4) is 0 Å². The minimum atomic E-state index is -3.69. The van der Waals surface area contributed by atoms with Gasteiger partial charge in [0.1, 0.15) is 10.6 Å². The number of aryl methyl sites for hydroxylation is 2. The van der Waals surface area contributed by atoms with Gasteiger partial charge in [-0.2, -0.15) is 9.40 Å². The van der Waals surface area contributed by atoms with Crippen LogP contribution in [0.5, 0.6) is 0 Å². The van der Waals surface area contributed by atoms with Gasteiger partial charge in [-0.25, -0.2) is 13.1 Å². The van der Waals surface area contributed by atoms with E-state index in [9.17, 15) is 13.2 Å². The molecule has 0 unspecified atom stereocenters. The van der Waals surface area contributed by atoms with Gasteiger partial charge in [0.15, 0.2) is 5.76 Å². The van der Waals surface area contributed by atoms with E-state index >= 15 is 0 Å². The first-order valence-electron chi connectivity index (χ1n) is 9.66. The van der Waals surface area contributed by atoms with Crippen LogP contribution in [-0.4, -0.2) is 64.6 Å². The zero-order valence-electron chi connectivity index (χ0n) is 16.9. The molecule has 0 atom stereocenters. The Hall–Kier alpha value is -2.98. The van der Waals surface area contributed by atoms with Gasteiger partial charge in [0.25, 0.3) is 0 Å². The molecule has 1 saturated heterocycles. The van der Waals surface area contributed by atoms with Crippen LogP contribution in [0.2, 0.25) is 0 Å². The number of piperazine rings is 1. The average molecular weight is 430 g/mol. The molecular weight excluding hydrogens is 406 g/mol. The van der Waals surface area contributed by atoms with Crippen LogP contribution in [-0.2, 0) is 21.2 Å². The molecule has 0 aliphatic carbocycles. The molecular formula is C20H23N5O4S. The molecule has 0 saturated carbocycles. The van der Waals surface area contributed by atoms with E-state index in [1.807, 2.05) is 36.5 Å². The number of para-hydroxylation sites is 1. The van der Waals surface area contributed by atoms with Crippen molar-refractivity contribution in [2.45, 2.75) is 25.2 Å². The molecule has 9 nitrogen and oxygen atoms in total. The lowest BCUT2D eigenvalue weighted by atomic mass is 10.2. The Balaban J connectivity index is 1.38. The summed E-state index contributed by atoms with van der Waals surface area (Å²) >= 11 is 0. The minimum absolute atomic E-state index is 0.0444. The van der Waals surface area contributed by atoms with Gasteiger partial charge >= 0.3 is 0 Å². The molecule has 1 aliphatic heterocycles. The van der Waals surface area contributed by atoms with Gasteiger partial charge in [-0.1, -0.05) is 23.4 Å². The smallest absolute Gasteiger partial charge is 0.248 e. The van der Waals surface area contributed by atoms with Crippen LogP contribution in [0.1, 0.15) is 17.0 Å². The van der Waals surface area contributed by atoms with Crippen molar-refractivity contribution in [3.8, 4) is 5.69 Å². The molecule has 3 heterocycles. The number of aromatic nitrogens is 3. The third kappa shape index (κ3) is 3.88. The molecule has 2 aromatic heterocycles. The normalized spacial score (nSPS) is 15.5. The minimum Gasteiger partial charge on any atom is -0.360 e. The fraction of sp³-hybridized carbons (Fsp3) is 0.350. The molecule has 1 aromatic carbocycles. The summed E-state index contributed by atoms with van der Waals surface area (Å²) < 4.78 is 33.9. The zero-order chi connectivity index (χ0) is 21.3. The molecule has 0 N–H and O–H groups in total. The molecule has 0 bridgehead atoms. The van der Waals surface area contributed by atoms with Crippen molar-refractivity contribution in [3.63, 3.8) is 0 Å². The summed E-state index contributed by atoms with van der Waals surface area (Å²) in [5.41, 5.74) is 2.09. The second-order valence-corrected chi connectivity index (χ2v) is 9.12. The van der Waals surface area contributed by atoms with Crippen molar-refractivity contribution in [2.75, 3.05) is 26.2 Å². The second-order valence-electron chi connectivity index (χ2n) is 7.24. The number of nitrogens with zero attached hydrogens (tertiary/aromatic N) is 5. The van der Waals surface area contributed by atoms with Gasteiger partial charge < -0.3 is 9.42 Å². The van der Waals surface area contributed by atoms with Gasteiger partial charge in [0, 0.05) is 32.4 Å². The highest BCUT2D eigenvalue weighted by Crippen LogP contribution is 2.24. The van der Waals surface area contributed by atoms with E-state index in [0.717, 1.165) is 11.3 Å². The van der Waals surface area contributed by atoms with Crippen molar-refractivity contribution >= 4 is 15.9 Å². The molecule has 30 heavy (non-hydrogen) atoms. The summed E-state index contributed by atoms with van der Waals surface area (Å²) in [4.78, 5) is 14.5. The first-order chi connectivity index (χ1) is 14.4. The summed E-state index contributed by atoms with van der Waals surface area (Å²) in [7, 11) is -3.69. The first-order valence-corrected chi connectivity index (χ1v) is 11.1. The predicted molar refractivity (Wildman–Crippen MR) is 109 cm³/mol. The third-order valence-corrected chi connectivity index (χ3v) is 7.31. The van der Waals surface area contributed by atoms with E-state index in [1.165, 1.54) is 4.31 Å². The standard InChI is InChI=1S/C20H23N5O4S/c1-15-20(16(2)29-22-15)30(27,28)24-10-8-23(9-11-24)19(26)12-17-13-21-25(14-17)18-6-4-3-5-7-18/h3-7,13-14H,8-12H2,1-2H3. The topological polar surface area (TPSA) is 102 Å². The third-order valence-electron chi connectivity index (χ3n) is 5.17. The largest absolute Gasteiger partial charge is 0.360 e. The lowest BCUT2D eigenvalue weighted by Gasteiger charge is -2.33. The number of sulfonamides is 1. The summed E-state index contributed by atoms with van der Waals surface area (Å²) in [6, 6.07) is 9.67. The molecule has 1 aliphatic rings. The maximum atomic E-state index is 12.9. The monoisotopic (exact) mass is 429 g/mol. The van der Waals surface area contributed by atoms with E-state index in [0.29, 0.717) is 18.8 Å². The number of hydrogen-bond donors (Lipinski definition) is 0. The quantitative estimate of drug-likeness (QED) is 0.610. The number of hydrogen-bond acceptors (Lipinski definition) is 6. The SMILES string of the molecule is Cc1noc(C)c1S(=O)(=O)N1CCN(C(=O)Cc2cnn(-c3ccccc3)c2)CC1. The molecule has 0 radical (unpaired) electrons. The molecule has 158 valence electrons. The van der Waals surface area contributed by atoms with E-state index < -0.39 is 10.0 Å². The van der Waals surface area contributed by atoms with Gasteiger partial charge in [-0.15, -0.1) is 0 Å². The summed E-state index contributed by atoms with van der Waals surface area (Å²) in [5, 5.41) is 8.06. The Bertz CT molecular complexity index is 1130. The fourth-order valence-corrected chi connectivity index (χ4v) is 5.32. The summed E-state index contributed by atoms with van der Waals surface area (Å²) in [6.07, 6.45) is 3.75. The van der Waals surface area contributed by atoms with E-state index in [2.05, 4.69) is 10.3 Å². The van der Waals surface area contributed by atoms with Gasteiger partial charge in [0.05, 0.1) is 18.3 Å². The van der Waals surface area contributed by atoms with E-state index in [-0.39, 0.29) is 36.1 Å². The highest BCUT2D eigenvalue weighted by atomic mass is 32.2. The highest BCUT2D eigenvalue weighted by Gasteiger charge is 2.34. The van der Waals surface area contributed by atoms with Crippen molar-refractivity contribution in [2.24, 2.45) is 0 Å². The highest BCUT2D eigenvalue weighted by molar-refractivity contribution is 7.89. The average Bonchev–Trinajstić information content (AvgIpc) is 3.35. The number of benzene rings is 1. The van der Waals surface area contributed by atoms with Crippen molar-refractivity contribution in [1.29, 1.82) is 0 Å². The van der Waals surface area contributed by atoms with Gasteiger partial charge in [-0.3, -0.25) is 4.79 Å². The van der Waals surface area contributed by atoms with Crippen molar-refractivity contribution in [3.05, 3.63) is 59.7 Å². The van der Waals surface area contributed by atoms with Crippen LogP contribution >= 0.6 is 0 Å². The van der Waals surface area contributed by atoms with Gasteiger partial charge in [-0.05, 0) is 31.5 Å². The number of carbonyl (C=O) groups is 1. The summed E-state index contributed by atoms with van der Waals surface area (Å²) in [6.45, 7) is 4.35. The molecule has 4 rings (SSSR count). The van der Waals surface area contributed by atoms with Crippen LogP contribution in [0.4, 0.5) is 0 Å². The Morgan fingerprint density at radius 1 is 1.10 bits per heavy atom. The van der Waals surface area contributed by atoms with Crippen LogP contribution < -0.4 is 0 Å². The number of carbonyl (C=O) groups excluding carboxylic acids is 1. The van der Waals surface area contributed by atoms with Crippen molar-refractivity contribution in [1.82, 2.24) is 24.1 Å². The van der Waals surface area contributed by atoms with E-state index in [1.54, 1.807) is 29.6 Å². The molecule has 0 spiro atoms. The van der Waals surface area contributed by atoms with E-state index in [4.69, 9.17) is 4.52 Å². The molecule has 10 heteroatoms. The predicted octanol–water partition coefficient (Wildman–Crippen LogP) is 1.55.